The van der Waals surface area contributed by atoms with Gasteiger partial charge in [-0.15, -0.1) is 0 Å². The molecular formula is C15H24N2O4. The molecule has 6 nitrogen and oxygen atoms in total. The van der Waals surface area contributed by atoms with Gasteiger partial charge in [0.15, 0.2) is 0 Å². The third-order valence-electron chi connectivity index (χ3n) is 4.56. The summed E-state index contributed by atoms with van der Waals surface area (Å²) < 4.78 is 0. The summed E-state index contributed by atoms with van der Waals surface area (Å²) in [5.41, 5.74) is 0. The fraction of sp³-hybridized carbons (Fsp3) is 0.800. The van der Waals surface area contributed by atoms with Crippen molar-refractivity contribution in [3.63, 3.8) is 0 Å². The molecule has 1 saturated heterocycles. The first-order valence-electron chi connectivity index (χ1n) is 7.86. The van der Waals surface area contributed by atoms with Gasteiger partial charge in [-0.25, -0.2) is 0 Å². The maximum absolute atomic E-state index is 12.6. The Kier molecular flexibility index (Phi) is 5.33. The second kappa shape index (κ2) is 7.02. The molecule has 118 valence electrons. The van der Waals surface area contributed by atoms with Gasteiger partial charge in [0.1, 0.15) is 0 Å². The molecule has 0 aromatic rings. The Hall–Kier alpha value is -1.43. The largest absolute Gasteiger partial charge is 0.481 e. The topological polar surface area (TPSA) is 77.9 Å². The number of carboxylic acid groups (broad SMARTS) is 1. The van der Waals surface area contributed by atoms with Crippen molar-refractivity contribution < 1.29 is 19.5 Å². The van der Waals surface area contributed by atoms with Crippen LogP contribution in [0.25, 0.3) is 0 Å². The second-order valence-corrected chi connectivity index (χ2v) is 5.89. The molecule has 0 spiro atoms. The van der Waals surface area contributed by atoms with E-state index in [1.807, 2.05) is 11.8 Å². The van der Waals surface area contributed by atoms with Crippen LogP contribution in [-0.2, 0) is 14.4 Å². The van der Waals surface area contributed by atoms with Gasteiger partial charge in [-0.3, -0.25) is 24.2 Å². The lowest BCUT2D eigenvalue weighted by atomic mass is 9.94. The second-order valence-electron chi connectivity index (χ2n) is 5.89. The maximum Gasteiger partial charge on any atom is 0.304 e. The van der Waals surface area contributed by atoms with Crippen LogP contribution < -0.4 is 0 Å². The monoisotopic (exact) mass is 296 g/mol. The number of carboxylic acids is 1. The number of amides is 2. The molecule has 2 rings (SSSR count). The molecule has 1 atom stereocenters. The van der Waals surface area contributed by atoms with E-state index in [1.165, 1.54) is 11.3 Å². The highest BCUT2D eigenvalue weighted by molar-refractivity contribution is 6.05. The fourth-order valence-corrected chi connectivity index (χ4v) is 3.42. The predicted molar refractivity (Wildman–Crippen MR) is 76.6 cm³/mol. The Morgan fingerprint density at radius 1 is 1.29 bits per heavy atom. The van der Waals surface area contributed by atoms with Crippen molar-refractivity contribution in [1.82, 2.24) is 9.80 Å². The van der Waals surface area contributed by atoms with Gasteiger partial charge in [0, 0.05) is 12.6 Å². The van der Waals surface area contributed by atoms with Crippen molar-refractivity contribution in [1.29, 1.82) is 0 Å². The van der Waals surface area contributed by atoms with E-state index >= 15 is 0 Å². The molecular weight excluding hydrogens is 272 g/mol. The lowest BCUT2D eigenvalue weighted by Gasteiger charge is -2.31. The lowest BCUT2D eigenvalue weighted by Crippen LogP contribution is -2.46. The van der Waals surface area contributed by atoms with Gasteiger partial charge in [0.05, 0.1) is 18.9 Å². The Bertz CT molecular complexity index is 418. The summed E-state index contributed by atoms with van der Waals surface area (Å²) in [6.45, 7) is 2.78. The number of carbonyl (C=O) groups is 3. The van der Waals surface area contributed by atoms with Crippen LogP contribution in [0.3, 0.4) is 0 Å². The molecule has 6 heteroatoms. The van der Waals surface area contributed by atoms with E-state index in [4.69, 9.17) is 5.11 Å². The predicted octanol–water partition coefficient (Wildman–Crippen LogP) is 1.24. The van der Waals surface area contributed by atoms with E-state index in [2.05, 4.69) is 0 Å². The number of aliphatic carboxylic acids is 1. The Morgan fingerprint density at radius 3 is 2.52 bits per heavy atom. The quantitative estimate of drug-likeness (QED) is 0.746. The highest BCUT2D eigenvalue weighted by atomic mass is 16.4. The maximum atomic E-state index is 12.6. The van der Waals surface area contributed by atoms with Gasteiger partial charge in [-0.1, -0.05) is 26.2 Å². The summed E-state index contributed by atoms with van der Waals surface area (Å²) >= 11 is 0. The molecule has 1 N–H and O–H groups in total. The van der Waals surface area contributed by atoms with E-state index in [1.54, 1.807) is 0 Å². The minimum Gasteiger partial charge on any atom is -0.481 e. The number of nitrogens with zero attached hydrogens (tertiary/aromatic N) is 2. The summed E-state index contributed by atoms with van der Waals surface area (Å²) in [5.74, 6) is -1.10. The summed E-state index contributed by atoms with van der Waals surface area (Å²) in [6, 6.07) is -0.411. The number of likely N-dealkylation sites (tertiary alicyclic amines) is 1. The molecule has 2 aliphatic rings. The number of imide groups is 1. The molecule has 1 saturated carbocycles. The van der Waals surface area contributed by atoms with Crippen molar-refractivity contribution >= 4 is 17.8 Å². The van der Waals surface area contributed by atoms with Gasteiger partial charge in [-0.2, -0.15) is 0 Å². The van der Waals surface area contributed by atoms with Crippen LogP contribution >= 0.6 is 0 Å². The van der Waals surface area contributed by atoms with E-state index in [0.29, 0.717) is 13.1 Å². The lowest BCUT2D eigenvalue weighted by molar-refractivity contribution is -0.144. The molecule has 2 amide bonds. The molecule has 1 aliphatic carbocycles. The normalized spacial score (nSPS) is 24.1. The Labute approximate surface area is 125 Å². The SMILES string of the molecule is CCN(CCC(=O)O)C1CC(=O)N(C2CCCCC2)C1=O. The molecule has 0 radical (unpaired) electrons. The van der Waals surface area contributed by atoms with Crippen molar-refractivity contribution in [3.8, 4) is 0 Å². The van der Waals surface area contributed by atoms with Gasteiger partial charge < -0.3 is 5.11 Å². The number of rotatable bonds is 6. The average molecular weight is 296 g/mol. The minimum absolute atomic E-state index is 0.00472. The zero-order valence-corrected chi connectivity index (χ0v) is 12.6. The molecule has 1 unspecified atom stereocenters. The third kappa shape index (κ3) is 3.61. The zero-order valence-electron chi connectivity index (χ0n) is 12.6. The molecule has 2 fully saturated rings. The van der Waals surface area contributed by atoms with E-state index < -0.39 is 12.0 Å². The first-order chi connectivity index (χ1) is 10.0. The van der Waals surface area contributed by atoms with Crippen LogP contribution in [0.5, 0.6) is 0 Å². The standard InChI is InChI=1S/C15H24N2O4/c1-2-16(9-8-14(19)20)12-10-13(18)17(15(12)21)11-6-4-3-5-7-11/h11-12H,2-10H2,1H3,(H,19,20). The molecule has 0 aromatic heterocycles. The number of carbonyl (C=O) groups excluding carboxylic acids is 2. The molecule has 1 aliphatic heterocycles. The van der Waals surface area contributed by atoms with Gasteiger partial charge in [-0.05, 0) is 19.4 Å². The molecule has 21 heavy (non-hydrogen) atoms. The Morgan fingerprint density at radius 2 is 1.95 bits per heavy atom. The summed E-state index contributed by atoms with van der Waals surface area (Å²) in [7, 11) is 0. The van der Waals surface area contributed by atoms with Crippen molar-refractivity contribution in [2.45, 2.75) is 64.0 Å². The molecule has 1 heterocycles. The number of hydrogen-bond donors (Lipinski definition) is 1. The average Bonchev–Trinajstić information content (AvgIpc) is 2.75. The van der Waals surface area contributed by atoms with Crippen molar-refractivity contribution in [3.05, 3.63) is 0 Å². The van der Waals surface area contributed by atoms with Gasteiger partial charge in [0.2, 0.25) is 11.8 Å². The van der Waals surface area contributed by atoms with Crippen LogP contribution in [0.2, 0.25) is 0 Å². The Balaban J connectivity index is 2.03. The first-order valence-corrected chi connectivity index (χ1v) is 7.86. The van der Waals surface area contributed by atoms with E-state index in [0.717, 1.165) is 25.7 Å². The fourth-order valence-electron chi connectivity index (χ4n) is 3.42. The summed E-state index contributed by atoms with van der Waals surface area (Å²) in [5, 5.41) is 8.79. The smallest absolute Gasteiger partial charge is 0.304 e. The van der Waals surface area contributed by atoms with Crippen LogP contribution in [0.15, 0.2) is 0 Å². The van der Waals surface area contributed by atoms with E-state index in [9.17, 15) is 14.4 Å². The van der Waals surface area contributed by atoms with Gasteiger partial charge >= 0.3 is 5.97 Å². The van der Waals surface area contributed by atoms with Crippen LogP contribution in [0.1, 0.15) is 51.9 Å². The van der Waals surface area contributed by atoms with Crippen LogP contribution in [0, 0.1) is 0 Å². The summed E-state index contributed by atoms with van der Waals surface area (Å²) in [6.07, 6.45) is 5.33. The molecule has 0 aromatic carbocycles. The summed E-state index contributed by atoms with van der Waals surface area (Å²) in [4.78, 5) is 38.8. The van der Waals surface area contributed by atoms with Crippen molar-refractivity contribution in [2.75, 3.05) is 13.1 Å². The van der Waals surface area contributed by atoms with Gasteiger partial charge in [0.25, 0.3) is 0 Å². The number of likely N-dealkylation sites (N-methyl/N-ethyl adjacent to an activating group) is 1. The third-order valence-corrected chi connectivity index (χ3v) is 4.56. The number of hydrogen-bond acceptors (Lipinski definition) is 4. The molecule has 0 bridgehead atoms. The van der Waals surface area contributed by atoms with Crippen LogP contribution in [0.4, 0.5) is 0 Å². The first kappa shape index (κ1) is 15.9. The van der Waals surface area contributed by atoms with Crippen LogP contribution in [-0.4, -0.2) is 57.9 Å². The zero-order chi connectivity index (χ0) is 15.4. The highest BCUT2D eigenvalue weighted by Gasteiger charge is 2.44. The minimum atomic E-state index is -0.880. The highest BCUT2D eigenvalue weighted by Crippen LogP contribution is 2.29. The van der Waals surface area contributed by atoms with E-state index in [-0.39, 0.29) is 30.7 Å². The van der Waals surface area contributed by atoms with Crippen molar-refractivity contribution in [2.24, 2.45) is 0 Å².